The van der Waals surface area contributed by atoms with E-state index in [1.54, 1.807) is 0 Å². The van der Waals surface area contributed by atoms with Gasteiger partial charge in [0.1, 0.15) is 16.5 Å². The summed E-state index contributed by atoms with van der Waals surface area (Å²) in [5.41, 5.74) is 2.35. The fourth-order valence-electron chi connectivity index (χ4n) is 4.70. The van der Waals surface area contributed by atoms with Gasteiger partial charge in [0.15, 0.2) is 0 Å². The lowest BCUT2D eigenvalue weighted by Gasteiger charge is -2.24. The predicted octanol–water partition coefficient (Wildman–Crippen LogP) is 3.52. The van der Waals surface area contributed by atoms with Crippen LogP contribution in [0.15, 0.2) is 41.3 Å². The van der Waals surface area contributed by atoms with Crippen LogP contribution < -0.4 is 5.14 Å². The summed E-state index contributed by atoms with van der Waals surface area (Å²) in [6, 6.07) is 10.0. The molecule has 0 heterocycles. The Morgan fingerprint density at radius 2 is 1.48 bits per heavy atom. The van der Waals surface area contributed by atoms with Gasteiger partial charge >= 0.3 is 0 Å². The van der Waals surface area contributed by atoms with Gasteiger partial charge in [-0.05, 0) is 66.7 Å². The van der Waals surface area contributed by atoms with E-state index in [1.165, 1.54) is 11.1 Å². The summed E-state index contributed by atoms with van der Waals surface area (Å²) in [7, 11) is -4.23. The Bertz CT molecular complexity index is 909. The monoisotopic (exact) mass is 363 g/mol. The first-order chi connectivity index (χ1) is 11.9. The van der Waals surface area contributed by atoms with Crippen LogP contribution in [0.3, 0.4) is 0 Å². The zero-order chi connectivity index (χ0) is 17.8. The van der Waals surface area contributed by atoms with Crippen molar-refractivity contribution >= 4 is 10.0 Å². The van der Waals surface area contributed by atoms with E-state index in [2.05, 4.69) is 12.1 Å². The van der Waals surface area contributed by atoms with Crippen LogP contribution in [-0.2, 0) is 22.9 Å². The number of benzene rings is 2. The lowest BCUT2D eigenvalue weighted by molar-refractivity contribution is 0.385. The molecule has 3 nitrogen and oxygen atoms in total. The van der Waals surface area contributed by atoms with Crippen LogP contribution in [0.2, 0.25) is 0 Å². The molecule has 1 saturated carbocycles. The molecule has 2 unspecified atom stereocenters. The summed E-state index contributed by atoms with van der Waals surface area (Å²) < 4.78 is 52.8. The molecule has 0 saturated heterocycles. The number of rotatable bonds is 2. The highest BCUT2D eigenvalue weighted by Crippen LogP contribution is 2.51. The first-order valence-corrected chi connectivity index (χ1v) is 9.98. The lowest BCUT2D eigenvalue weighted by atomic mass is 9.81. The normalized spacial score (nSPS) is 25.5. The summed E-state index contributed by atoms with van der Waals surface area (Å²) in [6.45, 7) is 0. The van der Waals surface area contributed by atoms with Crippen molar-refractivity contribution in [3.63, 3.8) is 0 Å². The van der Waals surface area contributed by atoms with Crippen molar-refractivity contribution in [2.45, 2.75) is 36.5 Å². The second kappa shape index (κ2) is 5.88. The Kier molecular flexibility index (Phi) is 3.92. The van der Waals surface area contributed by atoms with Crippen molar-refractivity contribution in [1.82, 2.24) is 0 Å². The number of sulfonamides is 1. The van der Waals surface area contributed by atoms with Gasteiger partial charge in [-0.1, -0.05) is 24.3 Å². The predicted molar refractivity (Wildman–Crippen MR) is 90.5 cm³/mol. The first kappa shape index (κ1) is 16.7. The molecule has 0 amide bonds. The molecule has 132 valence electrons. The SMILES string of the molecule is NS(=O)(=O)c1ccc(F)c(C2C3CCC2Cc2ccccc2C3)c1F. The van der Waals surface area contributed by atoms with E-state index in [1.807, 2.05) is 12.1 Å². The van der Waals surface area contributed by atoms with E-state index in [9.17, 15) is 17.2 Å². The topological polar surface area (TPSA) is 60.2 Å². The number of hydrogen-bond acceptors (Lipinski definition) is 2. The molecule has 2 N–H and O–H groups in total. The molecular weight excluding hydrogens is 344 g/mol. The lowest BCUT2D eigenvalue weighted by Crippen LogP contribution is -2.21. The first-order valence-electron chi connectivity index (χ1n) is 8.43. The van der Waals surface area contributed by atoms with Gasteiger partial charge in [0.2, 0.25) is 10.0 Å². The molecule has 0 aromatic heterocycles. The molecule has 4 rings (SSSR count). The molecule has 2 aromatic rings. The maximum absolute atomic E-state index is 15.0. The highest BCUT2D eigenvalue weighted by molar-refractivity contribution is 7.89. The van der Waals surface area contributed by atoms with Crippen LogP contribution in [0.1, 0.15) is 35.4 Å². The maximum Gasteiger partial charge on any atom is 0.240 e. The summed E-state index contributed by atoms with van der Waals surface area (Å²) in [5.74, 6) is -1.82. The zero-order valence-corrected chi connectivity index (χ0v) is 14.4. The molecule has 2 aliphatic carbocycles. The second-order valence-corrected chi connectivity index (χ2v) is 8.65. The van der Waals surface area contributed by atoms with Crippen molar-refractivity contribution in [1.29, 1.82) is 0 Å². The molecule has 0 radical (unpaired) electrons. The van der Waals surface area contributed by atoms with Gasteiger partial charge in [0, 0.05) is 5.56 Å². The largest absolute Gasteiger partial charge is 0.240 e. The van der Waals surface area contributed by atoms with Gasteiger partial charge < -0.3 is 0 Å². The minimum absolute atomic E-state index is 0.105. The Balaban J connectivity index is 1.84. The Morgan fingerprint density at radius 3 is 2.00 bits per heavy atom. The van der Waals surface area contributed by atoms with E-state index < -0.39 is 26.6 Å². The van der Waals surface area contributed by atoms with Crippen LogP contribution >= 0.6 is 0 Å². The Labute approximate surface area is 145 Å². The molecule has 1 fully saturated rings. The molecule has 0 aliphatic heterocycles. The highest BCUT2D eigenvalue weighted by Gasteiger charge is 2.43. The van der Waals surface area contributed by atoms with Crippen molar-refractivity contribution in [2.24, 2.45) is 17.0 Å². The molecule has 25 heavy (non-hydrogen) atoms. The van der Waals surface area contributed by atoms with E-state index in [0.29, 0.717) is 0 Å². The van der Waals surface area contributed by atoms with Crippen molar-refractivity contribution < 1.29 is 17.2 Å². The average molecular weight is 363 g/mol. The molecule has 0 spiro atoms. The van der Waals surface area contributed by atoms with Crippen LogP contribution in [0.4, 0.5) is 8.78 Å². The van der Waals surface area contributed by atoms with Crippen molar-refractivity contribution in [3.05, 3.63) is 64.7 Å². The van der Waals surface area contributed by atoms with Gasteiger partial charge in [-0.3, -0.25) is 0 Å². The third-order valence-electron chi connectivity index (χ3n) is 5.74. The van der Waals surface area contributed by atoms with Crippen LogP contribution in [0.25, 0.3) is 0 Å². The van der Waals surface area contributed by atoms with Crippen molar-refractivity contribution in [2.75, 3.05) is 0 Å². The van der Waals surface area contributed by atoms with E-state index in [0.717, 1.165) is 37.8 Å². The molecular formula is C19H19F2NO2S. The molecule has 2 bridgehead atoms. The summed E-state index contributed by atoms with van der Waals surface area (Å²) >= 11 is 0. The van der Waals surface area contributed by atoms with Gasteiger partial charge in [-0.15, -0.1) is 0 Å². The second-order valence-electron chi connectivity index (χ2n) is 7.12. The smallest absolute Gasteiger partial charge is 0.225 e. The van der Waals surface area contributed by atoms with Gasteiger partial charge in [-0.25, -0.2) is 22.3 Å². The minimum Gasteiger partial charge on any atom is -0.225 e. The summed E-state index contributed by atoms with van der Waals surface area (Å²) in [4.78, 5) is -0.620. The number of nitrogens with two attached hydrogens (primary N) is 1. The third-order valence-corrected chi connectivity index (χ3v) is 6.67. The quantitative estimate of drug-likeness (QED) is 0.887. The number of halogens is 2. The fraction of sp³-hybridized carbons (Fsp3) is 0.368. The minimum atomic E-state index is -4.23. The third kappa shape index (κ3) is 2.77. The maximum atomic E-state index is 15.0. The summed E-state index contributed by atoms with van der Waals surface area (Å²) in [5, 5.41) is 5.10. The number of primary sulfonamides is 1. The van der Waals surface area contributed by atoms with Crippen LogP contribution in [0.5, 0.6) is 0 Å². The van der Waals surface area contributed by atoms with Gasteiger partial charge in [0.25, 0.3) is 0 Å². The molecule has 2 atom stereocenters. The molecule has 6 heteroatoms. The van der Waals surface area contributed by atoms with Crippen LogP contribution in [-0.4, -0.2) is 8.42 Å². The standard InChI is InChI=1S/C19H19F2NO2S/c20-15-7-8-16(25(22,23)24)19(21)18(15)17-13-5-6-14(17)10-12-4-2-1-3-11(12)9-13/h1-4,7-8,13-14,17H,5-6,9-10H2,(H2,22,23,24). The van der Waals surface area contributed by atoms with Crippen LogP contribution in [0, 0.1) is 23.5 Å². The average Bonchev–Trinajstić information content (AvgIpc) is 2.81. The Morgan fingerprint density at radius 1 is 0.920 bits per heavy atom. The van der Waals surface area contributed by atoms with E-state index in [4.69, 9.17) is 5.14 Å². The highest BCUT2D eigenvalue weighted by atomic mass is 32.2. The van der Waals surface area contributed by atoms with Gasteiger partial charge in [-0.2, -0.15) is 0 Å². The Hall–Kier alpha value is -1.79. The van der Waals surface area contributed by atoms with E-state index in [-0.39, 0.29) is 23.3 Å². The molecule has 2 aliphatic rings. The van der Waals surface area contributed by atoms with E-state index >= 15 is 0 Å². The summed E-state index contributed by atoms with van der Waals surface area (Å²) in [6.07, 6.45) is 3.30. The zero-order valence-electron chi connectivity index (χ0n) is 13.6. The number of fused-ring (bicyclic) bond motifs is 3. The van der Waals surface area contributed by atoms with Gasteiger partial charge in [0.05, 0.1) is 0 Å². The number of hydrogen-bond donors (Lipinski definition) is 1. The van der Waals surface area contributed by atoms with Crippen molar-refractivity contribution in [3.8, 4) is 0 Å². The molecule has 2 aromatic carbocycles. The fourth-order valence-corrected chi connectivity index (χ4v) is 5.31.